The van der Waals surface area contributed by atoms with Crippen LogP contribution >= 0.6 is 0 Å². The number of hydrogen-bond acceptors (Lipinski definition) is 10. The van der Waals surface area contributed by atoms with E-state index < -0.39 is 10.8 Å². The topological polar surface area (TPSA) is 139 Å². The molecule has 7 fully saturated rings. The van der Waals surface area contributed by atoms with Gasteiger partial charge in [-0.25, -0.2) is 0 Å². The van der Waals surface area contributed by atoms with Crippen LogP contribution in [0.1, 0.15) is 131 Å². The number of nitrogens with zero attached hydrogens (tertiary/aromatic N) is 1. The Labute approximate surface area is 328 Å². The number of hydrogen-bond donors (Lipinski definition) is 6. The molecule has 2 bridgehead atoms. The Balaban J connectivity index is 1.40. The van der Waals surface area contributed by atoms with E-state index in [1.165, 1.54) is 57.8 Å². The van der Waals surface area contributed by atoms with Crippen LogP contribution in [-0.2, 0) is 14.3 Å². The maximum absolute atomic E-state index is 17.1. The number of ketones is 1. The second-order valence-corrected chi connectivity index (χ2v) is 19.9. The molecule has 0 radical (unpaired) electrons. The quantitative estimate of drug-likeness (QED) is 0.142. The summed E-state index contributed by atoms with van der Waals surface area (Å²) in [5, 5.41) is 17.1. The molecule has 0 aromatic heterocycles. The molecule has 7 rings (SSSR count). The van der Waals surface area contributed by atoms with Gasteiger partial charge >= 0.3 is 0 Å². The number of unbranched alkanes of at least 4 members (excludes halogenated alkanes) is 3. The Morgan fingerprint density at radius 1 is 0.907 bits per heavy atom. The molecule has 0 amide bonds. The second-order valence-electron chi connectivity index (χ2n) is 19.9. The van der Waals surface area contributed by atoms with Crippen molar-refractivity contribution in [2.75, 3.05) is 33.4 Å². The first-order valence-electron chi connectivity index (χ1n) is 23.0. The monoisotopic (exact) mass is 756 g/mol. The van der Waals surface area contributed by atoms with Crippen molar-refractivity contribution >= 4 is 5.78 Å². The first-order valence-corrected chi connectivity index (χ1v) is 23.0. The van der Waals surface area contributed by atoms with Gasteiger partial charge < -0.3 is 42.2 Å². The number of nitrogens with two attached hydrogens (primary N) is 2. The van der Waals surface area contributed by atoms with Gasteiger partial charge in [-0.2, -0.15) is 0 Å². The Bertz CT molecular complexity index is 1240. The number of nitrogens with one attached hydrogen (secondary N) is 4. The molecular formula is C44H81N7O3. The third-order valence-corrected chi connectivity index (χ3v) is 16.3. The van der Waals surface area contributed by atoms with E-state index in [1.807, 2.05) is 0 Å². The number of Topliss-reactive ketones (excluding diaryl/α,β-unsaturated/α-hetero) is 1. The highest BCUT2D eigenvalue weighted by Gasteiger charge is 2.78. The fourth-order valence-corrected chi connectivity index (χ4v) is 13.7. The SMILES string of the molecule is CCCCCCC1OCC(C)NC2C(COC3CC(CN)C3)NC3C(CN)NC4C(C5CCCCC5)NC5C(CC(C)C)N(C)C(C1C)C5(CC)C(=O)C234. The molecule has 5 saturated heterocycles. The van der Waals surface area contributed by atoms with Gasteiger partial charge in [0.15, 0.2) is 5.78 Å². The number of carbonyl (C=O) groups is 1. The molecule has 310 valence electrons. The van der Waals surface area contributed by atoms with Gasteiger partial charge in [0, 0.05) is 67.0 Å². The van der Waals surface area contributed by atoms with Gasteiger partial charge in [0.1, 0.15) is 0 Å². The lowest BCUT2D eigenvalue weighted by molar-refractivity contribution is -0.145. The standard InChI is InChI=1S/C44H81N7O3/c1-8-10-11-15-18-35-28(6)41-43(9-2)39(34(51(41)7)19-26(3)4)50-36(30-16-13-12-14-17-30)40-44(42(43)52)37(32(23-46)48-40)49-33(38(44)47-27(5)24-54-35)25-53-31-20-29(21-31)22-45/h26-41,47-50H,8-25,45-46H2,1-7H3. The van der Waals surface area contributed by atoms with Crippen LogP contribution in [0.2, 0.25) is 0 Å². The Morgan fingerprint density at radius 3 is 2.30 bits per heavy atom. The zero-order chi connectivity index (χ0) is 38.4. The average molecular weight is 756 g/mol. The summed E-state index contributed by atoms with van der Waals surface area (Å²) >= 11 is 0. The largest absolute Gasteiger partial charge is 0.377 e. The summed E-state index contributed by atoms with van der Waals surface area (Å²) < 4.78 is 13.9. The van der Waals surface area contributed by atoms with Gasteiger partial charge in [0.05, 0.1) is 36.3 Å². The van der Waals surface area contributed by atoms with Crippen LogP contribution in [0.15, 0.2) is 0 Å². The summed E-state index contributed by atoms with van der Waals surface area (Å²) in [4.78, 5) is 19.8. The first kappa shape index (κ1) is 41.5. The van der Waals surface area contributed by atoms with Crippen molar-refractivity contribution in [3.63, 3.8) is 0 Å². The molecule has 10 nitrogen and oxygen atoms in total. The van der Waals surface area contributed by atoms with E-state index >= 15 is 4.79 Å². The van der Waals surface area contributed by atoms with E-state index in [0.29, 0.717) is 43.3 Å². The summed E-state index contributed by atoms with van der Waals surface area (Å²) in [6.07, 6.45) is 16.5. The Morgan fingerprint density at radius 2 is 1.63 bits per heavy atom. The second kappa shape index (κ2) is 17.3. The minimum atomic E-state index is -0.696. The summed E-state index contributed by atoms with van der Waals surface area (Å²) in [5.74, 6) is 2.29. The molecule has 54 heavy (non-hydrogen) atoms. The smallest absolute Gasteiger partial charge is 0.153 e. The van der Waals surface area contributed by atoms with Gasteiger partial charge in [-0.05, 0) is 89.1 Å². The highest BCUT2D eigenvalue weighted by atomic mass is 16.5. The van der Waals surface area contributed by atoms with E-state index in [0.717, 1.165) is 38.6 Å². The van der Waals surface area contributed by atoms with Crippen LogP contribution in [0.4, 0.5) is 0 Å². The molecule has 5 aliphatic heterocycles. The van der Waals surface area contributed by atoms with E-state index in [9.17, 15) is 0 Å². The van der Waals surface area contributed by atoms with Crippen molar-refractivity contribution in [1.29, 1.82) is 0 Å². The number of ether oxygens (including phenoxy) is 2. The van der Waals surface area contributed by atoms with Crippen LogP contribution in [0.25, 0.3) is 0 Å². The number of carbonyl (C=O) groups excluding carboxylic acids is 1. The molecule has 5 heterocycles. The number of likely N-dealkylation sites (tertiary alicyclic amines) is 1. The van der Waals surface area contributed by atoms with Gasteiger partial charge in [-0.15, -0.1) is 0 Å². The van der Waals surface area contributed by atoms with Crippen LogP contribution in [0.5, 0.6) is 0 Å². The molecule has 2 saturated carbocycles. The van der Waals surface area contributed by atoms with Crippen LogP contribution in [0, 0.1) is 34.5 Å². The average Bonchev–Trinajstić information content (AvgIpc) is 3.69. The molecule has 0 aromatic carbocycles. The fraction of sp³-hybridized carbons (Fsp3) is 0.977. The molecule has 14 atom stereocenters. The minimum absolute atomic E-state index is 0.00128. The lowest BCUT2D eigenvalue weighted by atomic mass is 9.55. The number of rotatable bonds is 14. The molecule has 7 aliphatic rings. The maximum Gasteiger partial charge on any atom is 0.153 e. The lowest BCUT2D eigenvalue weighted by Crippen LogP contribution is -2.67. The van der Waals surface area contributed by atoms with E-state index in [1.54, 1.807) is 0 Å². The van der Waals surface area contributed by atoms with Crippen LogP contribution < -0.4 is 32.7 Å². The van der Waals surface area contributed by atoms with Crippen molar-refractivity contribution in [2.45, 2.75) is 204 Å². The molecule has 14 unspecified atom stereocenters. The van der Waals surface area contributed by atoms with Crippen LogP contribution in [-0.4, -0.2) is 117 Å². The zero-order valence-corrected chi connectivity index (χ0v) is 35.3. The van der Waals surface area contributed by atoms with Gasteiger partial charge in [-0.1, -0.05) is 79.6 Å². The van der Waals surface area contributed by atoms with Gasteiger partial charge in [0.2, 0.25) is 0 Å². The molecule has 2 aliphatic carbocycles. The zero-order valence-electron chi connectivity index (χ0n) is 35.3. The lowest BCUT2D eigenvalue weighted by Gasteiger charge is -2.49. The number of likely N-dealkylation sites (N-methyl/N-ethyl adjacent to an activating group) is 1. The van der Waals surface area contributed by atoms with Crippen molar-refractivity contribution in [3.8, 4) is 0 Å². The van der Waals surface area contributed by atoms with Crippen molar-refractivity contribution in [3.05, 3.63) is 0 Å². The van der Waals surface area contributed by atoms with Gasteiger partial charge in [-0.3, -0.25) is 9.69 Å². The summed E-state index contributed by atoms with van der Waals surface area (Å²) in [5.41, 5.74) is 11.5. The molecule has 0 aromatic rings. The molecular weight excluding hydrogens is 675 g/mol. The highest BCUT2D eigenvalue weighted by molar-refractivity contribution is 5.96. The normalized spacial score (nSPS) is 47.0. The first-order chi connectivity index (χ1) is 26.1. The van der Waals surface area contributed by atoms with E-state index in [-0.39, 0.29) is 78.5 Å². The predicted molar refractivity (Wildman–Crippen MR) is 218 cm³/mol. The fourth-order valence-electron chi connectivity index (χ4n) is 13.7. The third-order valence-electron chi connectivity index (χ3n) is 16.3. The summed E-state index contributed by atoms with van der Waals surface area (Å²) in [6.45, 7) is 16.6. The third kappa shape index (κ3) is 6.99. The van der Waals surface area contributed by atoms with Crippen molar-refractivity contribution < 1.29 is 14.3 Å². The molecule has 1 spiro atoms. The summed E-state index contributed by atoms with van der Waals surface area (Å²) in [6, 6.07) is 0.433. The van der Waals surface area contributed by atoms with Crippen molar-refractivity contribution in [1.82, 2.24) is 26.2 Å². The van der Waals surface area contributed by atoms with E-state index in [2.05, 4.69) is 74.8 Å². The Hall–Kier alpha value is -0.690. The maximum atomic E-state index is 17.1. The minimum Gasteiger partial charge on any atom is -0.377 e. The van der Waals surface area contributed by atoms with Gasteiger partial charge in [0.25, 0.3) is 0 Å². The van der Waals surface area contributed by atoms with E-state index in [4.69, 9.17) is 20.9 Å². The predicted octanol–water partition coefficient (Wildman–Crippen LogP) is 4.33. The highest BCUT2D eigenvalue weighted by Crippen LogP contribution is 2.60. The summed E-state index contributed by atoms with van der Waals surface area (Å²) in [7, 11) is 2.37. The van der Waals surface area contributed by atoms with Crippen LogP contribution in [0.3, 0.4) is 0 Å². The molecule has 8 N–H and O–H groups in total. The Kier molecular flexibility index (Phi) is 13.3. The molecule has 10 heteroatoms. The van der Waals surface area contributed by atoms with Crippen molar-refractivity contribution in [2.24, 2.45) is 46.0 Å².